The smallest absolute Gasteiger partial charge is 0.416 e. The first-order valence-corrected chi connectivity index (χ1v) is 7.58. The number of unbranched alkanes of at least 4 members (excludes halogenated alkanes) is 1. The van der Waals surface area contributed by atoms with E-state index in [-0.39, 0.29) is 5.75 Å². The summed E-state index contributed by atoms with van der Waals surface area (Å²) < 4.78 is 43.2. The van der Waals surface area contributed by atoms with Crippen LogP contribution in [0.1, 0.15) is 24.0 Å². The van der Waals surface area contributed by atoms with Crippen LogP contribution in [0.25, 0.3) is 0 Å². The lowest BCUT2D eigenvalue weighted by atomic mass is 10.1. The minimum atomic E-state index is -4.36. The van der Waals surface area contributed by atoms with Gasteiger partial charge in [0, 0.05) is 5.69 Å². The van der Waals surface area contributed by atoms with E-state index in [1.54, 1.807) is 0 Å². The highest BCUT2D eigenvalue weighted by atomic mass is 19.4. The molecule has 1 amide bonds. The molecule has 0 unspecified atom stereocenters. The predicted molar refractivity (Wildman–Crippen MR) is 86.0 cm³/mol. The summed E-state index contributed by atoms with van der Waals surface area (Å²) in [6, 6.07) is 12.4. The Bertz CT molecular complexity index is 654. The molecule has 0 atom stereocenters. The summed E-state index contributed by atoms with van der Waals surface area (Å²) in [5, 5.41) is 2.56. The number of carbonyl (C=O) groups is 1. The first-order valence-electron chi connectivity index (χ1n) is 7.58. The number of benzene rings is 2. The van der Waals surface area contributed by atoms with Crippen molar-refractivity contribution in [1.29, 1.82) is 0 Å². The first-order chi connectivity index (χ1) is 11.5. The van der Waals surface area contributed by atoms with E-state index in [4.69, 9.17) is 4.74 Å². The van der Waals surface area contributed by atoms with Crippen LogP contribution in [-0.4, -0.2) is 13.0 Å². The molecule has 2 aromatic carbocycles. The Hall–Kier alpha value is -2.50. The van der Waals surface area contributed by atoms with Gasteiger partial charge in [-0.15, -0.1) is 0 Å². The van der Waals surface area contributed by atoms with Crippen LogP contribution in [0.4, 0.5) is 18.9 Å². The van der Waals surface area contributed by atoms with E-state index in [1.807, 2.05) is 24.3 Å². The average Bonchev–Trinajstić information content (AvgIpc) is 2.56. The van der Waals surface area contributed by atoms with E-state index < -0.39 is 11.7 Å². The third kappa shape index (κ3) is 5.61. The van der Waals surface area contributed by atoms with Crippen molar-refractivity contribution in [2.24, 2.45) is 0 Å². The molecule has 0 spiro atoms. The van der Waals surface area contributed by atoms with E-state index >= 15 is 0 Å². The fraction of sp³-hybridized carbons (Fsp3) is 0.278. The number of aryl methyl sites for hydroxylation is 1. The van der Waals surface area contributed by atoms with Gasteiger partial charge in [0.25, 0.3) is 0 Å². The summed E-state index contributed by atoms with van der Waals surface area (Å²) in [7, 11) is 0. The quantitative estimate of drug-likeness (QED) is 0.561. The lowest BCUT2D eigenvalue weighted by molar-refractivity contribution is -0.137. The SMILES string of the molecule is O=CNc1ccc(CCCCOc2cccc(C(F)(F)F)c2)cc1. The number of carbonyl (C=O) groups excluding carboxylic acids is 1. The molecule has 0 aliphatic carbocycles. The van der Waals surface area contributed by atoms with E-state index in [9.17, 15) is 18.0 Å². The molecule has 6 heteroatoms. The molecule has 0 aliphatic heterocycles. The number of rotatable bonds is 8. The van der Waals surface area contributed by atoms with Crippen molar-refractivity contribution in [2.45, 2.75) is 25.4 Å². The Morgan fingerprint density at radius 3 is 2.46 bits per heavy atom. The lowest BCUT2D eigenvalue weighted by Crippen LogP contribution is -2.05. The number of nitrogens with one attached hydrogen (secondary N) is 1. The van der Waals surface area contributed by atoms with Gasteiger partial charge >= 0.3 is 6.18 Å². The lowest BCUT2D eigenvalue weighted by Gasteiger charge is -2.10. The van der Waals surface area contributed by atoms with Gasteiger partial charge < -0.3 is 10.1 Å². The third-order valence-corrected chi connectivity index (χ3v) is 3.47. The van der Waals surface area contributed by atoms with Crippen molar-refractivity contribution in [3.05, 3.63) is 59.7 Å². The van der Waals surface area contributed by atoms with Gasteiger partial charge in [-0.2, -0.15) is 13.2 Å². The fourth-order valence-corrected chi connectivity index (χ4v) is 2.22. The van der Waals surface area contributed by atoms with Gasteiger partial charge in [-0.25, -0.2) is 0 Å². The van der Waals surface area contributed by atoms with Crippen molar-refractivity contribution < 1.29 is 22.7 Å². The molecule has 0 saturated carbocycles. The molecular weight excluding hydrogens is 319 g/mol. The van der Waals surface area contributed by atoms with E-state index in [1.165, 1.54) is 12.1 Å². The maximum atomic E-state index is 12.6. The van der Waals surface area contributed by atoms with Crippen LogP contribution >= 0.6 is 0 Å². The van der Waals surface area contributed by atoms with Crippen molar-refractivity contribution in [3.63, 3.8) is 0 Å². The predicted octanol–water partition coefficient (Wildman–Crippen LogP) is 4.68. The highest BCUT2D eigenvalue weighted by Crippen LogP contribution is 2.31. The minimum absolute atomic E-state index is 0.231. The van der Waals surface area contributed by atoms with Crippen LogP contribution in [-0.2, 0) is 17.4 Å². The van der Waals surface area contributed by atoms with Gasteiger partial charge in [0.05, 0.1) is 12.2 Å². The summed E-state index contributed by atoms with van der Waals surface area (Å²) in [4.78, 5) is 10.3. The Morgan fingerprint density at radius 1 is 1.04 bits per heavy atom. The summed E-state index contributed by atoms with van der Waals surface area (Å²) in [6.45, 7) is 0.367. The van der Waals surface area contributed by atoms with E-state index in [2.05, 4.69) is 5.32 Å². The number of ether oxygens (including phenoxy) is 1. The largest absolute Gasteiger partial charge is 0.494 e. The fourth-order valence-electron chi connectivity index (χ4n) is 2.22. The monoisotopic (exact) mass is 337 g/mol. The molecule has 1 N–H and O–H groups in total. The molecule has 2 aromatic rings. The maximum Gasteiger partial charge on any atom is 0.416 e. The van der Waals surface area contributed by atoms with E-state index in [0.29, 0.717) is 13.0 Å². The molecule has 3 nitrogen and oxygen atoms in total. The van der Waals surface area contributed by atoms with Crippen LogP contribution in [0.2, 0.25) is 0 Å². The molecule has 128 valence electrons. The second kappa shape index (κ2) is 8.38. The Balaban J connectivity index is 1.72. The van der Waals surface area contributed by atoms with Gasteiger partial charge in [-0.3, -0.25) is 4.79 Å². The maximum absolute atomic E-state index is 12.6. The minimum Gasteiger partial charge on any atom is -0.494 e. The number of hydrogen-bond donors (Lipinski definition) is 1. The number of halogens is 3. The summed E-state index contributed by atoms with van der Waals surface area (Å²) in [5.41, 5.74) is 1.16. The molecular formula is C18H18F3NO2. The van der Waals surface area contributed by atoms with Gasteiger partial charge in [0.1, 0.15) is 5.75 Å². The molecule has 0 heterocycles. The van der Waals surface area contributed by atoms with Crippen LogP contribution in [0.15, 0.2) is 48.5 Å². The Morgan fingerprint density at radius 2 is 1.79 bits per heavy atom. The summed E-state index contributed by atoms with van der Waals surface area (Å²) in [6.07, 6.45) is -1.29. The van der Waals surface area contributed by atoms with Crippen LogP contribution in [0.3, 0.4) is 0 Å². The molecule has 0 bridgehead atoms. The van der Waals surface area contributed by atoms with Crippen LogP contribution in [0, 0.1) is 0 Å². The molecule has 2 rings (SSSR count). The zero-order valence-electron chi connectivity index (χ0n) is 13.0. The average molecular weight is 337 g/mol. The van der Waals surface area contributed by atoms with Crippen molar-refractivity contribution >= 4 is 12.1 Å². The Labute approximate surface area is 138 Å². The second-order valence-corrected chi connectivity index (χ2v) is 5.29. The highest BCUT2D eigenvalue weighted by molar-refractivity contribution is 5.71. The number of alkyl halides is 3. The van der Waals surface area contributed by atoms with Gasteiger partial charge in [0.15, 0.2) is 0 Å². The van der Waals surface area contributed by atoms with E-state index in [0.717, 1.165) is 42.6 Å². The Kier molecular flexibility index (Phi) is 6.23. The van der Waals surface area contributed by atoms with Gasteiger partial charge in [-0.1, -0.05) is 18.2 Å². The van der Waals surface area contributed by atoms with Crippen LogP contribution in [0.5, 0.6) is 5.75 Å². The number of hydrogen-bond acceptors (Lipinski definition) is 2. The zero-order valence-corrected chi connectivity index (χ0v) is 13.0. The molecule has 0 fully saturated rings. The number of anilines is 1. The summed E-state index contributed by atoms with van der Waals surface area (Å²) >= 11 is 0. The standard InChI is InChI=1S/C18H18F3NO2/c19-18(20,21)15-5-3-6-17(12-15)24-11-2-1-4-14-7-9-16(10-8-14)22-13-23/h3,5-10,12-13H,1-2,4,11H2,(H,22,23). The molecule has 0 radical (unpaired) electrons. The molecule has 0 saturated heterocycles. The summed E-state index contributed by atoms with van der Waals surface area (Å²) in [5.74, 6) is 0.231. The zero-order chi connectivity index (χ0) is 17.4. The van der Waals surface area contributed by atoms with Crippen molar-refractivity contribution in [1.82, 2.24) is 0 Å². The van der Waals surface area contributed by atoms with Crippen molar-refractivity contribution in [2.75, 3.05) is 11.9 Å². The number of amides is 1. The van der Waals surface area contributed by atoms with Crippen molar-refractivity contribution in [3.8, 4) is 5.75 Å². The third-order valence-electron chi connectivity index (χ3n) is 3.47. The molecule has 0 aliphatic rings. The van der Waals surface area contributed by atoms with Crippen LogP contribution < -0.4 is 10.1 Å². The van der Waals surface area contributed by atoms with Gasteiger partial charge in [0.2, 0.25) is 6.41 Å². The second-order valence-electron chi connectivity index (χ2n) is 5.29. The topological polar surface area (TPSA) is 38.3 Å². The first kappa shape index (κ1) is 17.8. The van der Waals surface area contributed by atoms with Gasteiger partial charge in [-0.05, 0) is 55.2 Å². The highest BCUT2D eigenvalue weighted by Gasteiger charge is 2.30. The normalized spacial score (nSPS) is 11.1. The molecule has 24 heavy (non-hydrogen) atoms. The molecule has 0 aromatic heterocycles.